The molecule has 0 aromatic heterocycles. The quantitative estimate of drug-likeness (QED) is 0.171. The van der Waals surface area contributed by atoms with Crippen LogP contribution in [-0.4, -0.2) is 12.6 Å². The second kappa shape index (κ2) is 5.51. The van der Waals surface area contributed by atoms with Gasteiger partial charge >= 0.3 is 0 Å². The molecule has 66 valence electrons. The summed E-state index contributed by atoms with van der Waals surface area (Å²) in [5, 5.41) is 0.325. The summed E-state index contributed by atoms with van der Waals surface area (Å²) in [6.07, 6.45) is 2.77. The Kier molecular flexibility index (Phi) is 4.99. The topological polar surface area (TPSA) is 67.5 Å². The molecule has 0 atom stereocenters. The molecule has 0 bridgehead atoms. The maximum Gasteiger partial charge on any atom is 0.260 e. The molecule has 0 aliphatic carbocycles. The van der Waals surface area contributed by atoms with Gasteiger partial charge in [0.25, 0.3) is 5.91 Å². The van der Waals surface area contributed by atoms with Crippen LogP contribution in [-0.2, 0) is 4.79 Å². The van der Waals surface area contributed by atoms with Crippen molar-refractivity contribution in [3.8, 4) is 0 Å². The SMILES string of the molecule is C=N/C=C(Cl)\C=C(/C)C(=O)NN. The third-order valence-electron chi connectivity index (χ3n) is 1.06. The molecule has 0 saturated heterocycles. The first kappa shape index (κ1) is 10.9. The highest BCUT2D eigenvalue weighted by Gasteiger charge is 2.00. The van der Waals surface area contributed by atoms with E-state index in [1.54, 1.807) is 6.92 Å². The van der Waals surface area contributed by atoms with Crippen LogP contribution in [0.25, 0.3) is 0 Å². The number of carbonyl (C=O) groups excluding carboxylic acids is 1. The molecule has 0 aromatic rings. The Morgan fingerprint density at radius 2 is 2.33 bits per heavy atom. The van der Waals surface area contributed by atoms with Crippen molar-refractivity contribution in [2.45, 2.75) is 6.92 Å². The molecule has 5 heteroatoms. The Morgan fingerprint density at radius 1 is 1.75 bits per heavy atom. The van der Waals surface area contributed by atoms with E-state index in [9.17, 15) is 4.79 Å². The van der Waals surface area contributed by atoms with Gasteiger partial charge in [-0.05, 0) is 19.7 Å². The van der Waals surface area contributed by atoms with Crippen LogP contribution in [0.15, 0.2) is 27.9 Å². The van der Waals surface area contributed by atoms with E-state index in [0.29, 0.717) is 10.6 Å². The lowest BCUT2D eigenvalue weighted by atomic mass is 10.2. The Bertz CT molecular complexity index is 245. The van der Waals surface area contributed by atoms with Gasteiger partial charge in [0, 0.05) is 11.8 Å². The van der Waals surface area contributed by atoms with Crippen molar-refractivity contribution in [1.29, 1.82) is 0 Å². The van der Waals surface area contributed by atoms with Crippen LogP contribution >= 0.6 is 11.6 Å². The number of hydrogen-bond donors (Lipinski definition) is 2. The van der Waals surface area contributed by atoms with E-state index in [2.05, 4.69) is 11.7 Å². The first-order valence-corrected chi connectivity index (χ1v) is 3.50. The zero-order chi connectivity index (χ0) is 9.56. The zero-order valence-electron chi connectivity index (χ0n) is 6.67. The summed E-state index contributed by atoms with van der Waals surface area (Å²) in [6, 6.07) is 0. The zero-order valence-corrected chi connectivity index (χ0v) is 7.43. The van der Waals surface area contributed by atoms with E-state index in [-0.39, 0.29) is 5.91 Å². The molecule has 0 saturated carbocycles. The van der Waals surface area contributed by atoms with Gasteiger partial charge in [0.05, 0.1) is 5.03 Å². The first-order valence-electron chi connectivity index (χ1n) is 3.12. The van der Waals surface area contributed by atoms with Crippen molar-refractivity contribution in [1.82, 2.24) is 5.43 Å². The largest absolute Gasteiger partial charge is 0.290 e. The highest BCUT2D eigenvalue weighted by Crippen LogP contribution is 2.06. The van der Waals surface area contributed by atoms with Crippen LogP contribution in [0.2, 0.25) is 0 Å². The number of rotatable bonds is 3. The Hall–Kier alpha value is -1.13. The Morgan fingerprint density at radius 3 is 2.75 bits per heavy atom. The molecule has 0 aromatic carbocycles. The van der Waals surface area contributed by atoms with Gasteiger partial charge < -0.3 is 0 Å². The molecule has 12 heavy (non-hydrogen) atoms. The predicted molar refractivity (Wildman–Crippen MR) is 49.6 cm³/mol. The van der Waals surface area contributed by atoms with E-state index in [4.69, 9.17) is 17.4 Å². The van der Waals surface area contributed by atoms with Crippen molar-refractivity contribution < 1.29 is 4.79 Å². The van der Waals surface area contributed by atoms with Crippen molar-refractivity contribution in [3.05, 3.63) is 22.9 Å². The fourth-order valence-electron chi connectivity index (χ4n) is 0.511. The van der Waals surface area contributed by atoms with Crippen LogP contribution < -0.4 is 11.3 Å². The summed E-state index contributed by atoms with van der Waals surface area (Å²) >= 11 is 5.61. The van der Waals surface area contributed by atoms with Crippen LogP contribution in [0.3, 0.4) is 0 Å². The van der Waals surface area contributed by atoms with Crippen LogP contribution in [0.4, 0.5) is 0 Å². The molecule has 1 amide bonds. The van der Waals surface area contributed by atoms with E-state index in [1.807, 2.05) is 5.43 Å². The molecule has 0 aliphatic heterocycles. The third kappa shape index (κ3) is 3.90. The highest BCUT2D eigenvalue weighted by molar-refractivity contribution is 6.31. The van der Waals surface area contributed by atoms with Gasteiger partial charge in [0.2, 0.25) is 0 Å². The molecule has 0 fully saturated rings. The summed E-state index contributed by atoms with van der Waals surface area (Å²) < 4.78 is 0. The average Bonchev–Trinajstić information content (AvgIpc) is 2.03. The third-order valence-corrected chi connectivity index (χ3v) is 1.26. The second-order valence-electron chi connectivity index (χ2n) is 2.00. The average molecular weight is 188 g/mol. The van der Waals surface area contributed by atoms with Crippen molar-refractivity contribution in [3.63, 3.8) is 0 Å². The summed E-state index contributed by atoms with van der Waals surface area (Å²) in [7, 11) is 0. The lowest BCUT2D eigenvalue weighted by Crippen LogP contribution is -2.30. The number of carbonyl (C=O) groups is 1. The molecule has 3 N–H and O–H groups in total. The van der Waals surface area contributed by atoms with Gasteiger partial charge in [-0.25, -0.2) is 5.84 Å². The fraction of sp³-hybridized carbons (Fsp3) is 0.143. The molecule has 0 heterocycles. The minimum absolute atomic E-state index is 0.325. The number of allylic oxidation sites excluding steroid dienone is 2. The minimum Gasteiger partial charge on any atom is -0.290 e. The van der Waals surface area contributed by atoms with E-state index in [0.717, 1.165) is 0 Å². The van der Waals surface area contributed by atoms with Crippen molar-refractivity contribution >= 4 is 24.2 Å². The van der Waals surface area contributed by atoms with Gasteiger partial charge in [0.1, 0.15) is 0 Å². The number of nitrogens with two attached hydrogens (primary N) is 1. The second-order valence-corrected chi connectivity index (χ2v) is 2.43. The van der Waals surface area contributed by atoms with Crippen molar-refractivity contribution in [2.24, 2.45) is 10.8 Å². The molecular formula is C7H10ClN3O. The number of hydrazine groups is 1. The number of nitrogens with zero attached hydrogens (tertiary/aromatic N) is 1. The van der Waals surface area contributed by atoms with Gasteiger partial charge in [0.15, 0.2) is 0 Å². The summed E-state index contributed by atoms with van der Waals surface area (Å²) in [5.41, 5.74) is 2.38. The van der Waals surface area contributed by atoms with Gasteiger partial charge in [-0.1, -0.05) is 11.6 Å². The van der Waals surface area contributed by atoms with Crippen LogP contribution in [0, 0.1) is 0 Å². The highest BCUT2D eigenvalue weighted by atomic mass is 35.5. The summed E-state index contributed by atoms with van der Waals surface area (Å²) in [6.45, 7) is 4.79. The number of nitrogens with one attached hydrogen (secondary N) is 1. The number of hydrogen-bond acceptors (Lipinski definition) is 3. The van der Waals surface area contributed by atoms with Gasteiger partial charge in [-0.15, -0.1) is 0 Å². The molecular weight excluding hydrogens is 178 g/mol. The molecule has 0 radical (unpaired) electrons. The number of amides is 1. The molecule has 0 unspecified atom stereocenters. The Labute approximate surface area is 75.8 Å². The summed E-state index contributed by atoms with van der Waals surface area (Å²) in [5.74, 6) is 4.50. The van der Waals surface area contributed by atoms with E-state index < -0.39 is 0 Å². The lowest BCUT2D eigenvalue weighted by Gasteiger charge is -1.97. The smallest absolute Gasteiger partial charge is 0.260 e. The molecule has 0 spiro atoms. The van der Waals surface area contributed by atoms with Crippen molar-refractivity contribution in [2.75, 3.05) is 0 Å². The Balaban J connectivity index is 4.45. The molecule has 4 nitrogen and oxygen atoms in total. The first-order chi connectivity index (χ1) is 5.61. The standard InChI is InChI=1S/C7H10ClN3O/c1-5(7(12)11-9)3-6(8)4-10-2/h3-4H,2,9H2,1H3,(H,11,12)/b5-3+,6-4+. The molecule has 0 aliphatic rings. The van der Waals surface area contributed by atoms with Gasteiger partial charge in [-0.3, -0.25) is 15.2 Å². The van der Waals surface area contributed by atoms with E-state index in [1.165, 1.54) is 12.3 Å². The number of halogens is 1. The minimum atomic E-state index is -0.384. The maximum absolute atomic E-state index is 10.8. The van der Waals surface area contributed by atoms with Gasteiger partial charge in [-0.2, -0.15) is 0 Å². The van der Waals surface area contributed by atoms with E-state index >= 15 is 0 Å². The van der Waals surface area contributed by atoms with Crippen LogP contribution in [0.1, 0.15) is 6.92 Å². The molecule has 0 rings (SSSR count). The normalized spacial score (nSPS) is 12.6. The van der Waals surface area contributed by atoms with Crippen LogP contribution in [0.5, 0.6) is 0 Å². The predicted octanol–water partition coefficient (Wildman–Crippen LogP) is 0.703. The number of aliphatic imine (C=N–C) groups is 1. The lowest BCUT2D eigenvalue weighted by molar-refractivity contribution is -0.117. The summed E-state index contributed by atoms with van der Waals surface area (Å²) in [4.78, 5) is 14.2. The monoisotopic (exact) mass is 187 g/mol. The fourth-order valence-corrected chi connectivity index (χ4v) is 0.743. The maximum atomic E-state index is 10.8.